The summed E-state index contributed by atoms with van der Waals surface area (Å²) in [7, 11) is -0.946. The van der Waals surface area contributed by atoms with Crippen LogP contribution in [0.2, 0.25) is 0 Å². The van der Waals surface area contributed by atoms with Crippen LogP contribution in [0.25, 0.3) is 0 Å². The van der Waals surface area contributed by atoms with Crippen LogP contribution in [0.15, 0.2) is 39.8 Å². The van der Waals surface area contributed by atoms with Gasteiger partial charge in [0.15, 0.2) is 0 Å². The second-order valence-electron chi connectivity index (χ2n) is 6.17. The van der Waals surface area contributed by atoms with E-state index in [2.05, 4.69) is 31.1 Å². The highest BCUT2D eigenvalue weighted by Crippen LogP contribution is 2.26. The van der Waals surface area contributed by atoms with E-state index < -0.39 is 10.8 Å². The van der Waals surface area contributed by atoms with Gasteiger partial charge in [-0.05, 0) is 24.6 Å². The number of oxazole rings is 1. The Balaban J connectivity index is 2.09. The molecule has 1 heterocycles. The summed E-state index contributed by atoms with van der Waals surface area (Å²) >= 11 is 0. The fourth-order valence-electron chi connectivity index (χ4n) is 1.90. The highest BCUT2D eigenvalue weighted by atomic mass is 32.2. The Morgan fingerprint density at radius 1 is 1.24 bits per heavy atom. The van der Waals surface area contributed by atoms with Crippen LogP contribution in [-0.2, 0) is 16.2 Å². The molecule has 1 aromatic heterocycles. The van der Waals surface area contributed by atoms with Gasteiger partial charge < -0.3 is 9.73 Å². The van der Waals surface area contributed by atoms with E-state index in [-0.39, 0.29) is 11.5 Å². The van der Waals surface area contributed by atoms with Crippen molar-refractivity contribution in [2.24, 2.45) is 0 Å². The highest BCUT2D eigenvalue weighted by molar-refractivity contribution is 7.84. The molecule has 4 nitrogen and oxygen atoms in total. The number of nitrogens with zero attached hydrogens (tertiary/aromatic N) is 1. The van der Waals surface area contributed by atoms with Crippen LogP contribution in [0.5, 0.6) is 0 Å². The zero-order valence-electron chi connectivity index (χ0n) is 13.1. The Morgan fingerprint density at radius 3 is 2.33 bits per heavy atom. The molecule has 0 aliphatic carbocycles. The van der Waals surface area contributed by atoms with E-state index in [0.717, 1.165) is 16.2 Å². The normalized spacial score (nSPS) is 14.7. The number of hydrogen-bond acceptors (Lipinski definition) is 4. The van der Waals surface area contributed by atoms with Crippen LogP contribution < -0.4 is 5.32 Å². The van der Waals surface area contributed by atoms with Crippen molar-refractivity contribution < 1.29 is 8.63 Å². The Kier molecular flexibility index (Phi) is 4.52. The van der Waals surface area contributed by atoms with Gasteiger partial charge >= 0.3 is 0 Å². The lowest BCUT2D eigenvalue weighted by Gasteiger charge is -2.15. The minimum Gasteiger partial charge on any atom is -0.428 e. The third kappa shape index (κ3) is 3.94. The third-order valence-corrected chi connectivity index (χ3v) is 4.23. The van der Waals surface area contributed by atoms with Crippen LogP contribution in [0.4, 0.5) is 6.01 Å². The molecule has 2 atom stereocenters. The second-order valence-corrected chi connectivity index (χ2v) is 7.55. The van der Waals surface area contributed by atoms with Crippen molar-refractivity contribution in [1.82, 2.24) is 4.98 Å². The Morgan fingerprint density at radius 2 is 1.86 bits per heavy atom. The molecule has 0 saturated heterocycles. The maximum absolute atomic E-state index is 11.4. The average Bonchev–Trinajstić information content (AvgIpc) is 2.87. The van der Waals surface area contributed by atoms with Gasteiger partial charge in [-0.3, -0.25) is 4.21 Å². The predicted octanol–water partition coefficient (Wildman–Crippen LogP) is 3.88. The van der Waals surface area contributed by atoms with E-state index in [4.69, 9.17) is 4.42 Å². The monoisotopic (exact) mass is 306 g/mol. The van der Waals surface area contributed by atoms with Crippen molar-refractivity contribution in [2.45, 2.75) is 44.0 Å². The van der Waals surface area contributed by atoms with E-state index in [9.17, 15) is 4.21 Å². The van der Waals surface area contributed by atoms with Gasteiger partial charge in [0, 0.05) is 27.4 Å². The standard InChI is InChI=1S/C16H22N2O2S/c1-11(12-6-8-13(9-7-12)21(5)19)18-15-17-10-14(20-15)16(2,3)4/h6-11H,1-5H3,(H,17,18). The Bertz CT molecular complexity index is 626. The minimum absolute atomic E-state index is 0.0526. The van der Waals surface area contributed by atoms with Crippen LogP contribution in [0.1, 0.15) is 45.1 Å². The van der Waals surface area contributed by atoms with Crippen LogP contribution in [-0.4, -0.2) is 15.4 Å². The molecule has 21 heavy (non-hydrogen) atoms. The number of anilines is 1. The lowest BCUT2D eigenvalue weighted by atomic mass is 9.94. The van der Waals surface area contributed by atoms with Gasteiger partial charge in [0.2, 0.25) is 0 Å². The van der Waals surface area contributed by atoms with E-state index in [1.165, 1.54) is 0 Å². The van der Waals surface area contributed by atoms with E-state index in [1.54, 1.807) is 12.5 Å². The Labute approximate surface area is 128 Å². The predicted molar refractivity (Wildman–Crippen MR) is 86.0 cm³/mol. The van der Waals surface area contributed by atoms with Crippen LogP contribution in [0, 0.1) is 0 Å². The fraction of sp³-hybridized carbons (Fsp3) is 0.438. The second kappa shape index (κ2) is 6.02. The smallest absolute Gasteiger partial charge is 0.295 e. The zero-order chi connectivity index (χ0) is 15.6. The van der Waals surface area contributed by atoms with Crippen molar-refractivity contribution >= 4 is 16.8 Å². The number of rotatable bonds is 4. The lowest BCUT2D eigenvalue weighted by Crippen LogP contribution is -2.09. The Hall–Kier alpha value is -1.62. The molecule has 1 N–H and O–H groups in total. The summed E-state index contributed by atoms with van der Waals surface area (Å²) in [6, 6.07) is 8.31. The van der Waals surface area contributed by atoms with Gasteiger partial charge in [-0.1, -0.05) is 32.9 Å². The zero-order valence-corrected chi connectivity index (χ0v) is 14.0. The third-order valence-electron chi connectivity index (χ3n) is 3.30. The first-order valence-electron chi connectivity index (χ1n) is 6.93. The summed E-state index contributed by atoms with van der Waals surface area (Å²) < 4.78 is 17.1. The minimum atomic E-state index is -0.946. The van der Waals surface area contributed by atoms with Gasteiger partial charge in [0.1, 0.15) is 5.76 Å². The molecule has 0 radical (unpaired) electrons. The first-order valence-corrected chi connectivity index (χ1v) is 8.49. The van der Waals surface area contributed by atoms with Gasteiger partial charge in [-0.15, -0.1) is 0 Å². The van der Waals surface area contributed by atoms with E-state index >= 15 is 0 Å². The van der Waals surface area contributed by atoms with Crippen molar-refractivity contribution in [3.05, 3.63) is 41.8 Å². The number of hydrogen-bond donors (Lipinski definition) is 1. The summed E-state index contributed by atoms with van der Waals surface area (Å²) in [5.74, 6) is 0.855. The van der Waals surface area contributed by atoms with Crippen molar-refractivity contribution in [3.8, 4) is 0 Å². The summed E-state index contributed by atoms with van der Waals surface area (Å²) in [4.78, 5) is 5.10. The molecule has 0 fully saturated rings. The first kappa shape index (κ1) is 15.8. The average molecular weight is 306 g/mol. The number of benzene rings is 1. The van der Waals surface area contributed by atoms with Crippen molar-refractivity contribution in [2.75, 3.05) is 11.6 Å². The summed E-state index contributed by atoms with van der Waals surface area (Å²) in [5.41, 5.74) is 1.04. The molecule has 2 unspecified atom stereocenters. The summed E-state index contributed by atoms with van der Waals surface area (Å²) in [5, 5.41) is 3.25. The van der Waals surface area contributed by atoms with E-state index in [1.807, 2.05) is 31.2 Å². The molecule has 2 rings (SSSR count). The summed E-state index contributed by atoms with van der Waals surface area (Å²) in [6.07, 6.45) is 3.44. The van der Waals surface area contributed by atoms with Gasteiger partial charge in [-0.2, -0.15) is 0 Å². The highest BCUT2D eigenvalue weighted by Gasteiger charge is 2.19. The lowest BCUT2D eigenvalue weighted by molar-refractivity contribution is 0.414. The molecule has 0 aliphatic heterocycles. The molecule has 0 spiro atoms. The first-order chi connectivity index (χ1) is 9.77. The molecular formula is C16H22N2O2S. The molecule has 0 aliphatic rings. The van der Waals surface area contributed by atoms with Crippen LogP contribution >= 0.6 is 0 Å². The molecule has 0 bridgehead atoms. The van der Waals surface area contributed by atoms with Gasteiger partial charge in [-0.25, -0.2) is 4.98 Å². The van der Waals surface area contributed by atoms with Gasteiger partial charge in [0.05, 0.1) is 12.2 Å². The number of nitrogens with one attached hydrogen (secondary N) is 1. The maximum atomic E-state index is 11.4. The summed E-state index contributed by atoms with van der Waals surface area (Å²) in [6.45, 7) is 8.30. The van der Waals surface area contributed by atoms with Crippen molar-refractivity contribution in [1.29, 1.82) is 0 Å². The van der Waals surface area contributed by atoms with Gasteiger partial charge in [0.25, 0.3) is 6.01 Å². The molecule has 1 aromatic carbocycles. The fourth-order valence-corrected chi connectivity index (χ4v) is 2.42. The maximum Gasteiger partial charge on any atom is 0.295 e. The molecule has 0 saturated carbocycles. The molecular weight excluding hydrogens is 284 g/mol. The number of aromatic nitrogens is 1. The largest absolute Gasteiger partial charge is 0.428 e. The van der Waals surface area contributed by atoms with Crippen LogP contribution in [0.3, 0.4) is 0 Å². The molecule has 2 aromatic rings. The SMILES string of the molecule is CC(Nc1ncc(C(C)(C)C)o1)c1ccc(S(C)=O)cc1. The van der Waals surface area contributed by atoms with Crippen molar-refractivity contribution in [3.63, 3.8) is 0 Å². The van der Waals surface area contributed by atoms with E-state index in [0.29, 0.717) is 6.01 Å². The molecule has 114 valence electrons. The topological polar surface area (TPSA) is 55.1 Å². The quantitative estimate of drug-likeness (QED) is 0.931. The molecule has 5 heteroatoms. The molecule has 0 amide bonds.